The van der Waals surface area contributed by atoms with E-state index in [1.165, 1.54) is 4.90 Å². The van der Waals surface area contributed by atoms with Gasteiger partial charge in [0, 0.05) is 30.2 Å². The fraction of sp³-hybridized carbons (Fsp3) is 0.250. The van der Waals surface area contributed by atoms with Crippen molar-refractivity contribution in [2.75, 3.05) is 25.0 Å². The molecule has 2 aromatic rings. The van der Waals surface area contributed by atoms with Crippen molar-refractivity contribution in [2.24, 2.45) is 0 Å². The van der Waals surface area contributed by atoms with E-state index >= 15 is 0 Å². The molecule has 1 aromatic carbocycles. The van der Waals surface area contributed by atoms with E-state index in [1.54, 1.807) is 36.8 Å². The molecule has 8 nitrogen and oxygen atoms in total. The molecule has 1 aromatic heterocycles. The fourth-order valence-electron chi connectivity index (χ4n) is 2.41. The smallest absolute Gasteiger partial charge is 0.334 e. The summed E-state index contributed by atoms with van der Waals surface area (Å²) in [7, 11) is 0. The second-order valence-corrected chi connectivity index (χ2v) is 5.25. The molecule has 2 heterocycles. The Hall–Kier alpha value is -3.00. The Kier molecular flexibility index (Phi) is 4.66. The largest absolute Gasteiger partial charge is 0.479 e. The van der Waals surface area contributed by atoms with Crippen molar-refractivity contribution in [1.82, 2.24) is 14.9 Å². The number of carboxylic acid groups (broad SMARTS) is 1. The summed E-state index contributed by atoms with van der Waals surface area (Å²) in [6.07, 6.45) is 3.73. The molecule has 124 valence electrons. The van der Waals surface area contributed by atoms with Crippen LogP contribution in [0.3, 0.4) is 0 Å². The summed E-state index contributed by atoms with van der Waals surface area (Å²) < 4.78 is 5.14. The molecule has 0 saturated carbocycles. The second kappa shape index (κ2) is 7.05. The zero-order valence-electron chi connectivity index (χ0n) is 12.8. The summed E-state index contributed by atoms with van der Waals surface area (Å²) >= 11 is 0. The number of benzene rings is 1. The predicted octanol–water partition coefficient (Wildman–Crippen LogP) is 1.15. The molecule has 24 heavy (non-hydrogen) atoms. The number of hydrogen-bond acceptors (Lipinski definition) is 6. The predicted molar refractivity (Wildman–Crippen MR) is 85.0 cm³/mol. The number of ether oxygens (including phenoxy) is 1. The van der Waals surface area contributed by atoms with Crippen molar-refractivity contribution in [2.45, 2.75) is 6.10 Å². The van der Waals surface area contributed by atoms with Crippen LogP contribution >= 0.6 is 0 Å². The molecule has 1 saturated heterocycles. The van der Waals surface area contributed by atoms with Crippen molar-refractivity contribution in [1.29, 1.82) is 0 Å². The molecule has 1 unspecified atom stereocenters. The first-order valence-electron chi connectivity index (χ1n) is 7.40. The first kappa shape index (κ1) is 15.9. The maximum Gasteiger partial charge on any atom is 0.334 e. The van der Waals surface area contributed by atoms with Crippen molar-refractivity contribution in [3.8, 4) is 0 Å². The fourth-order valence-corrected chi connectivity index (χ4v) is 2.41. The van der Waals surface area contributed by atoms with Gasteiger partial charge in [-0.1, -0.05) is 6.07 Å². The lowest BCUT2D eigenvalue weighted by atomic mass is 10.1. The lowest BCUT2D eigenvalue weighted by Crippen LogP contribution is -2.48. The number of morpholine rings is 1. The monoisotopic (exact) mass is 328 g/mol. The van der Waals surface area contributed by atoms with Crippen LogP contribution in [-0.4, -0.2) is 57.7 Å². The third-order valence-corrected chi connectivity index (χ3v) is 3.57. The normalized spacial score (nSPS) is 17.3. The average Bonchev–Trinajstić information content (AvgIpc) is 2.62. The first-order valence-corrected chi connectivity index (χ1v) is 7.40. The third-order valence-electron chi connectivity index (χ3n) is 3.57. The Morgan fingerprint density at radius 2 is 2.21 bits per heavy atom. The van der Waals surface area contributed by atoms with Gasteiger partial charge in [0.1, 0.15) is 5.82 Å². The lowest BCUT2D eigenvalue weighted by molar-refractivity contribution is -0.154. The van der Waals surface area contributed by atoms with Gasteiger partial charge in [0.15, 0.2) is 6.10 Å². The molecule has 1 amide bonds. The van der Waals surface area contributed by atoms with Gasteiger partial charge in [-0.3, -0.25) is 9.78 Å². The van der Waals surface area contributed by atoms with Crippen LogP contribution in [0.4, 0.5) is 11.5 Å². The van der Waals surface area contributed by atoms with E-state index in [1.807, 2.05) is 6.07 Å². The van der Waals surface area contributed by atoms with Gasteiger partial charge in [-0.05, 0) is 18.2 Å². The standard InChI is InChI=1S/C16H16N4O4/c21-15(20-6-7-24-13(10-20)16(22)23)11-2-1-3-12(8-11)19-14-9-17-4-5-18-14/h1-5,8-9,13H,6-7,10H2,(H,18,19)(H,22,23). The van der Waals surface area contributed by atoms with E-state index in [-0.39, 0.29) is 19.1 Å². The molecule has 0 aliphatic carbocycles. The van der Waals surface area contributed by atoms with Crippen molar-refractivity contribution in [3.63, 3.8) is 0 Å². The number of nitrogens with zero attached hydrogens (tertiary/aromatic N) is 3. The number of amides is 1. The van der Waals surface area contributed by atoms with Crippen LogP contribution in [-0.2, 0) is 9.53 Å². The maximum atomic E-state index is 12.6. The molecule has 1 aliphatic heterocycles. The number of nitrogens with one attached hydrogen (secondary N) is 1. The molecule has 0 bridgehead atoms. The molecule has 0 radical (unpaired) electrons. The minimum atomic E-state index is -1.06. The summed E-state index contributed by atoms with van der Waals surface area (Å²) in [5.74, 6) is -0.725. The third kappa shape index (κ3) is 3.66. The molecule has 1 atom stereocenters. The summed E-state index contributed by atoms with van der Waals surface area (Å²) in [6, 6.07) is 6.95. The van der Waals surface area contributed by atoms with Crippen LogP contribution in [0.15, 0.2) is 42.9 Å². The summed E-state index contributed by atoms with van der Waals surface area (Å²) in [4.78, 5) is 33.2. The number of aliphatic carboxylic acids is 1. The highest BCUT2D eigenvalue weighted by Crippen LogP contribution is 2.17. The van der Waals surface area contributed by atoms with Crippen LogP contribution in [0.2, 0.25) is 0 Å². The second-order valence-electron chi connectivity index (χ2n) is 5.25. The minimum absolute atomic E-state index is 0.0377. The number of aromatic nitrogens is 2. The van der Waals surface area contributed by atoms with E-state index in [0.29, 0.717) is 23.6 Å². The van der Waals surface area contributed by atoms with Gasteiger partial charge in [0.25, 0.3) is 5.91 Å². The highest BCUT2D eigenvalue weighted by atomic mass is 16.5. The van der Waals surface area contributed by atoms with Gasteiger partial charge in [-0.25, -0.2) is 9.78 Å². The molecule has 1 aliphatic rings. The maximum absolute atomic E-state index is 12.6. The Labute approximate surface area is 138 Å². The number of anilines is 2. The molecular formula is C16H16N4O4. The van der Waals surface area contributed by atoms with E-state index in [2.05, 4.69) is 15.3 Å². The number of carbonyl (C=O) groups is 2. The van der Waals surface area contributed by atoms with Gasteiger partial charge in [0.2, 0.25) is 0 Å². The van der Waals surface area contributed by atoms with Gasteiger partial charge in [0.05, 0.1) is 19.3 Å². The lowest BCUT2D eigenvalue weighted by Gasteiger charge is -2.31. The molecule has 8 heteroatoms. The van der Waals surface area contributed by atoms with E-state index in [4.69, 9.17) is 9.84 Å². The zero-order chi connectivity index (χ0) is 16.9. The van der Waals surface area contributed by atoms with Crippen LogP contribution in [0.5, 0.6) is 0 Å². The number of rotatable bonds is 4. The van der Waals surface area contributed by atoms with Crippen molar-refractivity contribution >= 4 is 23.4 Å². The Bertz CT molecular complexity index is 738. The quantitative estimate of drug-likeness (QED) is 0.867. The molecule has 0 spiro atoms. The summed E-state index contributed by atoms with van der Waals surface area (Å²) in [6.45, 7) is 0.612. The molecule has 1 fully saturated rings. The Balaban J connectivity index is 1.73. The van der Waals surface area contributed by atoms with Crippen LogP contribution in [0.25, 0.3) is 0 Å². The minimum Gasteiger partial charge on any atom is -0.479 e. The SMILES string of the molecule is O=C(O)C1CN(C(=O)c2cccc(Nc3cnccn3)c2)CCO1. The van der Waals surface area contributed by atoms with Gasteiger partial charge < -0.3 is 20.1 Å². The topological polar surface area (TPSA) is 105 Å². The summed E-state index contributed by atoms with van der Waals surface area (Å²) in [5.41, 5.74) is 1.17. The molecular weight excluding hydrogens is 312 g/mol. The number of carboxylic acids is 1. The van der Waals surface area contributed by atoms with Crippen LogP contribution in [0, 0.1) is 0 Å². The van der Waals surface area contributed by atoms with Crippen LogP contribution < -0.4 is 5.32 Å². The van der Waals surface area contributed by atoms with Crippen LogP contribution in [0.1, 0.15) is 10.4 Å². The molecule has 2 N–H and O–H groups in total. The summed E-state index contributed by atoms with van der Waals surface area (Å²) in [5, 5.41) is 12.1. The average molecular weight is 328 g/mol. The first-order chi connectivity index (χ1) is 11.6. The van der Waals surface area contributed by atoms with Crippen molar-refractivity contribution < 1.29 is 19.4 Å². The Morgan fingerprint density at radius 3 is 2.96 bits per heavy atom. The number of hydrogen-bond donors (Lipinski definition) is 2. The van der Waals surface area contributed by atoms with E-state index in [0.717, 1.165) is 0 Å². The number of carbonyl (C=O) groups excluding carboxylic acids is 1. The zero-order valence-corrected chi connectivity index (χ0v) is 12.8. The van der Waals surface area contributed by atoms with E-state index < -0.39 is 12.1 Å². The van der Waals surface area contributed by atoms with Gasteiger partial charge in [-0.2, -0.15) is 0 Å². The highest BCUT2D eigenvalue weighted by molar-refractivity contribution is 5.95. The molecule has 3 rings (SSSR count). The highest BCUT2D eigenvalue weighted by Gasteiger charge is 2.29. The van der Waals surface area contributed by atoms with Gasteiger partial charge in [-0.15, -0.1) is 0 Å². The Morgan fingerprint density at radius 1 is 1.33 bits per heavy atom. The van der Waals surface area contributed by atoms with Gasteiger partial charge >= 0.3 is 5.97 Å². The van der Waals surface area contributed by atoms with E-state index in [9.17, 15) is 9.59 Å². The van der Waals surface area contributed by atoms with Crippen molar-refractivity contribution in [3.05, 3.63) is 48.4 Å².